The molecular weight excluding hydrogens is 440 g/mol. The van der Waals surface area contributed by atoms with Gasteiger partial charge in [0.25, 0.3) is 0 Å². The Bertz CT molecular complexity index is 1070. The molecule has 0 bridgehead atoms. The summed E-state index contributed by atoms with van der Waals surface area (Å²) in [5, 5.41) is 8.77. The van der Waals surface area contributed by atoms with E-state index in [0.717, 1.165) is 19.3 Å². The van der Waals surface area contributed by atoms with Crippen molar-refractivity contribution in [1.29, 1.82) is 0 Å². The molecule has 0 radical (unpaired) electrons. The molecule has 2 unspecified atom stereocenters. The number of carbonyl (C=O) groups excluding carboxylic acids is 4. The van der Waals surface area contributed by atoms with E-state index >= 15 is 0 Å². The molecule has 1 N–H and O–H groups in total. The smallest absolute Gasteiger partial charge is 0.347 e. The third-order valence-electron chi connectivity index (χ3n) is 5.42. The van der Waals surface area contributed by atoms with Crippen LogP contribution in [0.25, 0.3) is 0 Å². The first-order valence-electron chi connectivity index (χ1n) is 11.3. The number of hydrogen-bond acceptors (Lipinski definition) is 8. The molecule has 0 saturated carbocycles. The first-order valence-corrected chi connectivity index (χ1v) is 11.3. The van der Waals surface area contributed by atoms with E-state index in [1.807, 2.05) is 0 Å². The van der Waals surface area contributed by atoms with Crippen molar-refractivity contribution >= 4 is 23.8 Å². The van der Waals surface area contributed by atoms with Gasteiger partial charge in [-0.2, -0.15) is 0 Å². The summed E-state index contributed by atoms with van der Waals surface area (Å²) in [5.74, 6) is -0.610. The van der Waals surface area contributed by atoms with Crippen LogP contribution in [0.5, 0.6) is 11.5 Å². The van der Waals surface area contributed by atoms with Crippen LogP contribution in [0.2, 0.25) is 0 Å². The zero-order valence-electron chi connectivity index (χ0n) is 19.2. The van der Waals surface area contributed by atoms with E-state index in [2.05, 4.69) is 0 Å². The lowest BCUT2D eigenvalue weighted by Crippen LogP contribution is -2.27. The maximum atomic E-state index is 13.1. The molecule has 1 aliphatic rings. The highest BCUT2D eigenvalue weighted by Crippen LogP contribution is 2.32. The van der Waals surface area contributed by atoms with E-state index in [1.165, 1.54) is 36.4 Å². The number of aliphatic hydroxyl groups excluding tert-OH is 1. The van der Waals surface area contributed by atoms with Crippen molar-refractivity contribution in [1.82, 2.24) is 0 Å². The number of benzene rings is 2. The Morgan fingerprint density at radius 1 is 0.853 bits per heavy atom. The van der Waals surface area contributed by atoms with Crippen LogP contribution >= 0.6 is 0 Å². The third kappa shape index (κ3) is 5.88. The standard InChI is InChI=1S/C26H28O8/c1-16(15-28)33-18-7-9-20-22(13-18)24(29)21-10-8-19(14-23(21)25(20)30)34-17(2)26(31)32-12-6-4-3-5-11-27/h7-10,13-17,27H,3-6,11-12H2,1-2H3. The second-order valence-electron chi connectivity index (χ2n) is 8.10. The van der Waals surface area contributed by atoms with Crippen molar-refractivity contribution in [3.63, 3.8) is 0 Å². The monoisotopic (exact) mass is 468 g/mol. The molecule has 0 aromatic heterocycles. The maximum absolute atomic E-state index is 13.1. The Labute approximate surface area is 197 Å². The van der Waals surface area contributed by atoms with E-state index < -0.39 is 18.2 Å². The van der Waals surface area contributed by atoms with Crippen LogP contribution in [0.1, 0.15) is 71.4 Å². The Balaban J connectivity index is 1.67. The van der Waals surface area contributed by atoms with Crippen molar-refractivity contribution in [3.8, 4) is 11.5 Å². The Morgan fingerprint density at radius 2 is 1.41 bits per heavy atom. The Morgan fingerprint density at radius 3 is 1.97 bits per heavy atom. The average Bonchev–Trinajstić information content (AvgIpc) is 2.84. The maximum Gasteiger partial charge on any atom is 0.347 e. The van der Waals surface area contributed by atoms with Crippen LogP contribution in [-0.4, -0.2) is 54.4 Å². The minimum Gasteiger partial charge on any atom is -0.483 e. The summed E-state index contributed by atoms with van der Waals surface area (Å²) in [7, 11) is 0. The lowest BCUT2D eigenvalue weighted by atomic mass is 9.84. The van der Waals surface area contributed by atoms with E-state index in [9.17, 15) is 19.2 Å². The highest BCUT2D eigenvalue weighted by Gasteiger charge is 2.31. The summed E-state index contributed by atoms with van der Waals surface area (Å²) in [6.45, 7) is 3.55. The number of rotatable bonds is 12. The zero-order chi connectivity index (χ0) is 24.7. The van der Waals surface area contributed by atoms with Crippen molar-refractivity contribution < 1.29 is 38.5 Å². The van der Waals surface area contributed by atoms with Gasteiger partial charge in [0.2, 0.25) is 0 Å². The van der Waals surface area contributed by atoms with E-state index in [1.54, 1.807) is 13.8 Å². The highest BCUT2D eigenvalue weighted by atomic mass is 16.6. The number of hydrogen-bond donors (Lipinski definition) is 1. The number of unbranched alkanes of at least 4 members (excludes halogenated alkanes) is 3. The van der Waals surface area contributed by atoms with Gasteiger partial charge in [-0.1, -0.05) is 6.42 Å². The molecule has 3 rings (SSSR count). The van der Waals surface area contributed by atoms with Gasteiger partial charge in [0, 0.05) is 28.9 Å². The molecule has 34 heavy (non-hydrogen) atoms. The second kappa shape index (κ2) is 11.6. The zero-order valence-corrected chi connectivity index (χ0v) is 19.2. The van der Waals surface area contributed by atoms with Crippen LogP contribution < -0.4 is 9.47 Å². The predicted molar refractivity (Wildman–Crippen MR) is 123 cm³/mol. The summed E-state index contributed by atoms with van der Waals surface area (Å²) in [5.41, 5.74) is 0.852. The van der Waals surface area contributed by atoms with Crippen LogP contribution in [0.4, 0.5) is 0 Å². The van der Waals surface area contributed by atoms with Gasteiger partial charge >= 0.3 is 5.97 Å². The number of fused-ring (bicyclic) bond motifs is 2. The van der Waals surface area contributed by atoms with Crippen molar-refractivity contribution in [2.45, 2.75) is 51.7 Å². The predicted octanol–water partition coefficient (Wildman–Crippen LogP) is 3.29. The quantitative estimate of drug-likeness (QED) is 0.245. The van der Waals surface area contributed by atoms with Crippen molar-refractivity contribution in [2.24, 2.45) is 0 Å². The molecule has 0 saturated heterocycles. The number of ketones is 2. The van der Waals surface area contributed by atoms with Gasteiger partial charge in [-0.15, -0.1) is 0 Å². The molecule has 180 valence electrons. The first-order chi connectivity index (χ1) is 16.3. The molecule has 2 aromatic rings. The molecule has 0 aliphatic heterocycles. The third-order valence-corrected chi connectivity index (χ3v) is 5.42. The lowest BCUT2D eigenvalue weighted by Gasteiger charge is -2.20. The number of aliphatic hydroxyl groups is 1. The number of ether oxygens (including phenoxy) is 3. The largest absolute Gasteiger partial charge is 0.483 e. The van der Waals surface area contributed by atoms with Crippen molar-refractivity contribution in [2.75, 3.05) is 13.2 Å². The highest BCUT2D eigenvalue weighted by molar-refractivity contribution is 6.28. The number of aldehydes is 1. The number of carbonyl (C=O) groups is 4. The molecule has 2 aromatic carbocycles. The molecule has 2 atom stereocenters. The van der Waals surface area contributed by atoms with E-state index in [-0.39, 0.29) is 52.8 Å². The van der Waals surface area contributed by atoms with Gasteiger partial charge in [-0.25, -0.2) is 4.79 Å². The lowest BCUT2D eigenvalue weighted by molar-refractivity contribution is -0.151. The fraction of sp³-hybridized carbons (Fsp3) is 0.385. The Hall–Kier alpha value is -3.52. The molecule has 0 amide bonds. The summed E-state index contributed by atoms with van der Waals surface area (Å²) in [4.78, 5) is 49.1. The van der Waals surface area contributed by atoms with Gasteiger partial charge in [0.1, 0.15) is 11.5 Å². The van der Waals surface area contributed by atoms with Crippen molar-refractivity contribution in [3.05, 3.63) is 58.7 Å². The second-order valence-corrected chi connectivity index (χ2v) is 8.10. The molecule has 0 heterocycles. The van der Waals surface area contributed by atoms with Crippen LogP contribution in [0, 0.1) is 0 Å². The summed E-state index contributed by atoms with van der Waals surface area (Å²) >= 11 is 0. The van der Waals surface area contributed by atoms with Crippen LogP contribution in [0.15, 0.2) is 36.4 Å². The molecular formula is C26H28O8. The molecule has 0 fully saturated rings. The number of esters is 1. The van der Waals surface area contributed by atoms with Gasteiger partial charge in [-0.05, 0) is 69.5 Å². The topological polar surface area (TPSA) is 116 Å². The minimum absolute atomic E-state index is 0.154. The van der Waals surface area contributed by atoms with E-state index in [4.69, 9.17) is 19.3 Å². The van der Waals surface area contributed by atoms with Gasteiger partial charge in [-0.3, -0.25) is 14.4 Å². The Kier molecular flexibility index (Phi) is 8.54. The molecule has 8 nitrogen and oxygen atoms in total. The normalized spacial score (nSPS) is 14.0. The summed E-state index contributed by atoms with van der Waals surface area (Å²) in [6.07, 6.45) is 2.22. The van der Waals surface area contributed by atoms with Gasteiger partial charge < -0.3 is 19.3 Å². The summed E-state index contributed by atoms with van der Waals surface area (Å²) in [6, 6.07) is 8.98. The van der Waals surface area contributed by atoms with Crippen LogP contribution in [-0.2, 0) is 14.3 Å². The fourth-order valence-electron chi connectivity index (χ4n) is 3.61. The average molecular weight is 469 g/mol. The summed E-state index contributed by atoms with van der Waals surface area (Å²) < 4.78 is 16.3. The molecule has 0 spiro atoms. The SMILES string of the molecule is CC(C=O)Oc1ccc2c(c1)C(=O)c1ccc(OC(C)C(=O)OCCCCCCO)cc1C2=O. The minimum atomic E-state index is -0.892. The molecule has 8 heteroatoms. The van der Waals surface area contributed by atoms with Gasteiger partial charge in [0.05, 0.1) is 6.61 Å². The van der Waals surface area contributed by atoms with Crippen LogP contribution in [0.3, 0.4) is 0 Å². The van der Waals surface area contributed by atoms with Gasteiger partial charge in [0.15, 0.2) is 30.1 Å². The van der Waals surface area contributed by atoms with E-state index in [0.29, 0.717) is 18.5 Å². The first kappa shape index (κ1) is 25.1. The molecule has 1 aliphatic carbocycles. The fourth-order valence-corrected chi connectivity index (χ4v) is 3.61.